The van der Waals surface area contributed by atoms with E-state index in [-0.39, 0.29) is 5.56 Å². The molecule has 0 amide bonds. The van der Waals surface area contributed by atoms with E-state index in [4.69, 9.17) is 5.11 Å². The Morgan fingerprint density at radius 1 is 1.56 bits per heavy atom. The van der Waals surface area contributed by atoms with Crippen LogP contribution in [0, 0.1) is 6.92 Å². The molecular formula is C12H11BrN2O2S. The lowest BCUT2D eigenvalue weighted by Gasteiger charge is -2.07. The van der Waals surface area contributed by atoms with E-state index in [1.54, 1.807) is 29.5 Å². The highest BCUT2D eigenvalue weighted by Crippen LogP contribution is 2.24. The molecule has 1 aromatic heterocycles. The minimum Gasteiger partial charge on any atom is -0.478 e. The predicted octanol–water partition coefficient (Wildman–Crippen LogP) is 3.52. The highest BCUT2D eigenvalue weighted by atomic mass is 79.9. The van der Waals surface area contributed by atoms with Gasteiger partial charge in [0.1, 0.15) is 0 Å². The van der Waals surface area contributed by atoms with Gasteiger partial charge in [0.05, 0.1) is 22.8 Å². The van der Waals surface area contributed by atoms with Gasteiger partial charge in [0, 0.05) is 15.5 Å². The third kappa shape index (κ3) is 3.08. The Morgan fingerprint density at radius 2 is 2.33 bits per heavy atom. The fourth-order valence-electron chi connectivity index (χ4n) is 1.47. The maximum atomic E-state index is 10.8. The molecule has 0 saturated carbocycles. The number of anilines is 1. The van der Waals surface area contributed by atoms with Crippen LogP contribution in [0.2, 0.25) is 0 Å². The number of hydrogen-bond acceptors (Lipinski definition) is 4. The highest BCUT2D eigenvalue weighted by Gasteiger charge is 2.07. The maximum Gasteiger partial charge on any atom is 0.335 e. The normalized spacial score (nSPS) is 10.3. The molecule has 0 fully saturated rings. The molecule has 0 unspecified atom stereocenters. The summed E-state index contributed by atoms with van der Waals surface area (Å²) in [7, 11) is 0. The number of aromatic carboxylic acids is 1. The molecule has 18 heavy (non-hydrogen) atoms. The summed E-state index contributed by atoms with van der Waals surface area (Å²) >= 11 is 4.96. The van der Waals surface area contributed by atoms with Crippen LogP contribution in [0.3, 0.4) is 0 Å². The molecule has 94 valence electrons. The molecule has 0 saturated heterocycles. The van der Waals surface area contributed by atoms with Gasteiger partial charge in [-0.05, 0) is 41.1 Å². The van der Waals surface area contributed by atoms with Crippen molar-refractivity contribution in [2.45, 2.75) is 13.5 Å². The van der Waals surface area contributed by atoms with E-state index in [1.165, 1.54) is 0 Å². The molecule has 0 aliphatic heterocycles. The lowest BCUT2D eigenvalue weighted by Crippen LogP contribution is -2.02. The summed E-state index contributed by atoms with van der Waals surface area (Å²) in [6, 6.07) is 4.89. The Balaban J connectivity index is 2.08. The molecule has 0 atom stereocenters. The molecule has 2 rings (SSSR count). The van der Waals surface area contributed by atoms with Crippen LogP contribution in [-0.2, 0) is 6.54 Å². The Bertz CT molecular complexity index is 583. The van der Waals surface area contributed by atoms with Crippen molar-refractivity contribution in [3.8, 4) is 0 Å². The molecule has 2 aromatic rings. The van der Waals surface area contributed by atoms with Crippen LogP contribution in [0.5, 0.6) is 0 Å². The van der Waals surface area contributed by atoms with Crippen molar-refractivity contribution in [3.63, 3.8) is 0 Å². The van der Waals surface area contributed by atoms with Crippen LogP contribution in [0.15, 0.2) is 28.1 Å². The first-order valence-electron chi connectivity index (χ1n) is 5.24. The van der Waals surface area contributed by atoms with Gasteiger partial charge in [-0.1, -0.05) is 0 Å². The number of nitrogens with one attached hydrogen (secondary N) is 1. The number of hydrogen-bond donors (Lipinski definition) is 2. The number of halogens is 1. The second kappa shape index (κ2) is 5.49. The number of aromatic nitrogens is 1. The van der Waals surface area contributed by atoms with Gasteiger partial charge in [0.25, 0.3) is 0 Å². The van der Waals surface area contributed by atoms with E-state index in [2.05, 4.69) is 26.2 Å². The number of carboxylic acids is 1. The summed E-state index contributed by atoms with van der Waals surface area (Å²) in [4.78, 5) is 15.1. The Morgan fingerprint density at radius 3 is 2.89 bits per heavy atom. The average Bonchev–Trinajstić information content (AvgIpc) is 2.73. The molecular weight excluding hydrogens is 316 g/mol. The molecule has 4 nitrogen and oxygen atoms in total. The van der Waals surface area contributed by atoms with Crippen molar-refractivity contribution in [2.24, 2.45) is 0 Å². The van der Waals surface area contributed by atoms with Crippen molar-refractivity contribution in [2.75, 3.05) is 5.32 Å². The second-order valence-corrected chi connectivity index (χ2v) is 5.63. The first kappa shape index (κ1) is 13.0. The van der Waals surface area contributed by atoms with E-state index < -0.39 is 5.97 Å². The van der Waals surface area contributed by atoms with Crippen molar-refractivity contribution in [3.05, 3.63) is 44.3 Å². The second-order valence-electron chi connectivity index (χ2n) is 3.71. The third-order valence-electron chi connectivity index (χ3n) is 2.34. The highest BCUT2D eigenvalue weighted by molar-refractivity contribution is 9.10. The molecule has 2 N–H and O–H groups in total. The van der Waals surface area contributed by atoms with Crippen LogP contribution in [-0.4, -0.2) is 16.1 Å². The smallest absolute Gasteiger partial charge is 0.335 e. The zero-order chi connectivity index (χ0) is 13.1. The molecule has 0 spiro atoms. The maximum absolute atomic E-state index is 10.8. The summed E-state index contributed by atoms with van der Waals surface area (Å²) in [5.74, 6) is -0.933. The van der Waals surface area contributed by atoms with Crippen molar-refractivity contribution < 1.29 is 9.90 Å². The Hall–Kier alpha value is -1.40. The predicted molar refractivity (Wildman–Crippen MR) is 75.3 cm³/mol. The van der Waals surface area contributed by atoms with E-state index in [0.717, 1.165) is 20.9 Å². The van der Waals surface area contributed by atoms with Gasteiger partial charge >= 0.3 is 5.97 Å². The lowest BCUT2D eigenvalue weighted by atomic mass is 10.2. The number of carboxylic acid groups (broad SMARTS) is 1. The van der Waals surface area contributed by atoms with Gasteiger partial charge in [0.2, 0.25) is 0 Å². The summed E-state index contributed by atoms with van der Waals surface area (Å²) in [6.45, 7) is 2.58. The molecule has 0 radical (unpaired) electrons. The van der Waals surface area contributed by atoms with Crippen molar-refractivity contribution in [1.82, 2.24) is 4.98 Å². The molecule has 0 aliphatic carbocycles. The molecule has 0 bridgehead atoms. The topological polar surface area (TPSA) is 62.2 Å². The zero-order valence-corrected chi connectivity index (χ0v) is 12.0. The van der Waals surface area contributed by atoms with E-state index in [9.17, 15) is 4.79 Å². The molecule has 6 heteroatoms. The van der Waals surface area contributed by atoms with E-state index in [0.29, 0.717) is 6.54 Å². The number of benzene rings is 1. The van der Waals surface area contributed by atoms with E-state index in [1.807, 2.05) is 12.3 Å². The number of nitrogens with zero attached hydrogens (tertiary/aromatic N) is 1. The zero-order valence-electron chi connectivity index (χ0n) is 9.61. The minimum absolute atomic E-state index is 0.261. The largest absolute Gasteiger partial charge is 0.478 e. The fraction of sp³-hybridized carbons (Fsp3) is 0.167. The fourth-order valence-corrected chi connectivity index (χ4v) is 2.60. The summed E-state index contributed by atoms with van der Waals surface area (Å²) in [6.07, 6.45) is 0. The third-order valence-corrected chi connectivity index (χ3v) is 3.82. The number of thiazole rings is 1. The summed E-state index contributed by atoms with van der Waals surface area (Å²) < 4.78 is 0.731. The van der Waals surface area contributed by atoms with Crippen molar-refractivity contribution in [1.29, 1.82) is 0 Å². The van der Waals surface area contributed by atoms with Crippen LogP contribution >= 0.6 is 27.3 Å². The van der Waals surface area contributed by atoms with Gasteiger partial charge < -0.3 is 10.4 Å². The average molecular weight is 327 g/mol. The number of carbonyl (C=O) groups is 1. The quantitative estimate of drug-likeness (QED) is 0.902. The molecule has 1 aromatic carbocycles. The van der Waals surface area contributed by atoms with Crippen LogP contribution in [0.25, 0.3) is 0 Å². The number of aryl methyl sites for hydroxylation is 1. The molecule has 0 aliphatic rings. The van der Waals surface area contributed by atoms with Gasteiger partial charge in [-0.25, -0.2) is 9.78 Å². The summed E-state index contributed by atoms with van der Waals surface area (Å²) in [5.41, 5.74) is 2.09. The van der Waals surface area contributed by atoms with Gasteiger partial charge in [-0.3, -0.25) is 0 Å². The Kier molecular flexibility index (Phi) is 3.98. The van der Waals surface area contributed by atoms with Gasteiger partial charge in [0.15, 0.2) is 0 Å². The SMILES string of the molecule is Cc1nc(CNc2ccc(C(=O)O)cc2Br)cs1. The monoisotopic (exact) mass is 326 g/mol. The lowest BCUT2D eigenvalue weighted by molar-refractivity contribution is 0.0697. The van der Waals surface area contributed by atoms with Crippen LogP contribution in [0.1, 0.15) is 21.1 Å². The molecule has 1 heterocycles. The van der Waals surface area contributed by atoms with Crippen LogP contribution in [0.4, 0.5) is 5.69 Å². The Labute approximate surface area is 117 Å². The first-order valence-corrected chi connectivity index (χ1v) is 6.91. The van der Waals surface area contributed by atoms with Crippen molar-refractivity contribution >= 4 is 38.9 Å². The van der Waals surface area contributed by atoms with Gasteiger partial charge in [-0.2, -0.15) is 0 Å². The summed E-state index contributed by atoms with van der Waals surface area (Å²) in [5, 5.41) is 15.1. The van der Waals surface area contributed by atoms with Gasteiger partial charge in [-0.15, -0.1) is 11.3 Å². The first-order chi connectivity index (χ1) is 8.56. The standard InChI is InChI=1S/C12H11BrN2O2S/c1-7-15-9(6-18-7)5-14-11-3-2-8(12(16)17)4-10(11)13/h2-4,6,14H,5H2,1H3,(H,16,17). The minimum atomic E-state index is -0.933. The van der Waals surface area contributed by atoms with E-state index >= 15 is 0 Å². The van der Waals surface area contributed by atoms with Crippen LogP contribution < -0.4 is 5.32 Å². The number of rotatable bonds is 4.